The number of benzene rings is 1. The van der Waals surface area contributed by atoms with E-state index in [1.165, 1.54) is 16.7 Å². The van der Waals surface area contributed by atoms with E-state index >= 15 is 0 Å². The van der Waals surface area contributed by atoms with Gasteiger partial charge >= 0.3 is 0 Å². The van der Waals surface area contributed by atoms with Gasteiger partial charge in [-0.3, -0.25) is 0 Å². The van der Waals surface area contributed by atoms with Crippen LogP contribution in [0, 0.1) is 13.8 Å². The lowest BCUT2D eigenvalue weighted by Crippen LogP contribution is -2.33. The second kappa shape index (κ2) is 4.23. The van der Waals surface area contributed by atoms with Crippen LogP contribution in [0.2, 0.25) is 0 Å². The lowest BCUT2D eigenvalue weighted by atomic mass is 9.85. The molecule has 84 valence electrons. The van der Waals surface area contributed by atoms with Crippen LogP contribution >= 0.6 is 0 Å². The lowest BCUT2D eigenvalue weighted by molar-refractivity contribution is 0.409. The summed E-state index contributed by atoms with van der Waals surface area (Å²) >= 11 is 0. The molecule has 0 aliphatic carbocycles. The number of rotatable bonds is 3. The molecule has 0 amide bonds. The summed E-state index contributed by atoms with van der Waals surface area (Å²) in [4.78, 5) is 0. The Morgan fingerprint density at radius 1 is 1.27 bits per heavy atom. The largest absolute Gasteiger partial charge is 0.496 e. The van der Waals surface area contributed by atoms with Crippen LogP contribution in [0.3, 0.4) is 0 Å². The zero-order valence-electron chi connectivity index (χ0n) is 10.3. The summed E-state index contributed by atoms with van der Waals surface area (Å²) in [5.41, 5.74) is 9.64. The van der Waals surface area contributed by atoms with Crippen LogP contribution in [0.25, 0.3) is 0 Å². The molecule has 2 N–H and O–H groups in total. The van der Waals surface area contributed by atoms with Gasteiger partial charge in [-0.2, -0.15) is 0 Å². The van der Waals surface area contributed by atoms with E-state index in [0.29, 0.717) is 0 Å². The Hall–Kier alpha value is -1.02. The van der Waals surface area contributed by atoms with Crippen molar-refractivity contribution in [2.75, 3.05) is 7.11 Å². The highest BCUT2D eigenvalue weighted by atomic mass is 16.5. The lowest BCUT2D eigenvalue weighted by Gasteiger charge is -2.27. The van der Waals surface area contributed by atoms with Gasteiger partial charge in [0.2, 0.25) is 0 Å². The Morgan fingerprint density at radius 3 is 2.33 bits per heavy atom. The van der Waals surface area contributed by atoms with Gasteiger partial charge in [0.15, 0.2) is 0 Å². The molecule has 0 heterocycles. The van der Waals surface area contributed by atoms with E-state index in [1.54, 1.807) is 7.11 Å². The van der Waals surface area contributed by atoms with Gasteiger partial charge in [-0.25, -0.2) is 0 Å². The van der Waals surface area contributed by atoms with Gasteiger partial charge in [-0.1, -0.05) is 13.0 Å². The summed E-state index contributed by atoms with van der Waals surface area (Å²) in [7, 11) is 1.70. The van der Waals surface area contributed by atoms with Gasteiger partial charge in [0.25, 0.3) is 0 Å². The summed E-state index contributed by atoms with van der Waals surface area (Å²) in [6, 6.07) is 4.07. The number of hydrogen-bond donors (Lipinski definition) is 1. The average Bonchev–Trinajstić information content (AvgIpc) is 2.21. The second-order valence-electron chi connectivity index (χ2n) is 4.34. The molecule has 1 atom stereocenters. The Kier molecular flexibility index (Phi) is 3.40. The summed E-state index contributed by atoms with van der Waals surface area (Å²) in [5.74, 6) is 0.933. The van der Waals surface area contributed by atoms with Crippen molar-refractivity contribution in [1.82, 2.24) is 0 Å². The molecule has 0 fully saturated rings. The average molecular weight is 207 g/mol. The molecule has 0 aromatic heterocycles. The standard InChI is InChI=1S/C13H21NO/c1-6-13(4,14)11-7-8-12(15-5)10(3)9(11)2/h7-8H,6,14H2,1-5H3. The van der Waals surface area contributed by atoms with E-state index in [0.717, 1.165) is 12.2 Å². The number of methoxy groups -OCH3 is 1. The molecule has 2 heteroatoms. The minimum atomic E-state index is -0.249. The molecule has 2 nitrogen and oxygen atoms in total. The molecule has 0 radical (unpaired) electrons. The van der Waals surface area contributed by atoms with Crippen molar-refractivity contribution in [3.05, 3.63) is 28.8 Å². The van der Waals surface area contributed by atoms with Gasteiger partial charge < -0.3 is 10.5 Å². The van der Waals surface area contributed by atoms with Gasteiger partial charge in [0.1, 0.15) is 5.75 Å². The predicted octanol–water partition coefficient (Wildman–Crippen LogP) is 2.90. The summed E-state index contributed by atoms with van der Waals surface area (Å²) in [6.45, 7) is 8.36. The van der Waals surface area contributed by atoms with Crippen LogP contribution in [0.4, 0.5) is 0 Å². The molecule has 0 saturated heterocycles. The topological polar surface area (TPSA) is 35.2 Å². The molecular formula is C13H21NO. The fourth-order valence-electron chi connectivity index (χ4n) is 1.83. The zero-order valence-corrected chi connectivity index (χ0v) is 10.3. The first-order valence-corrected chi connectivity index (χ1v) is 5.37. The SMILES string of the molecule is CCC(C)(N)c1ccc(OC)c(C)c1C. The normalized spacial score (nSPS) is 14.8. The predicted molar refractivity (Wildman–Crippen MR) is 64.3 cm³/mol. The Morgan fingerprint density at radius 2 is 1.87 bits per heavy atom. The Labute approximate surface area is 92.4 Å². The maximum atomic E-state index is 6.26. The van der Waals surface area contributed by atoms with Gasteiger partial charge in [-0.05, 0) is 49.9 Å². The number of ether oxygens (including phenoxy) is 1. The molecular weight excluding hydrogens is 186 g/mol. The van der Waals surface area contributed by atoms with E-state index in [-0.39, 0.29) is 5.54 Å². The first kappa shape index (κ1) is 12.1. The van der Waals surface area contributed by atoms with Crippen LogP contribution in [0.1, 0.15) is 37.0 Å². The molecule has 0 aliphatic heterocycles. The second-order valence-corrected chi connectivity index (χ2v) is 4.34. The molecule has 0 aliphatic rings. The third kappa shape index (κ3) is 2.15. The zero-order chi connectivity index (χ0) is 11.6. The highest BCUT2D eigenvalue weighted by Crippen LogP contribution is 2.31. The summed E-state index contributed by atoms with van der Waals surface area (Å²) in [6.07, 6.45) is 0.930. The first-order valence-electron chi connectivity index (χ1n) is 5.37. The fraction of sp³-hybridized carbons (Fsp3) is 0.538. The third-order valence-corrected chi connectivity index (χ3v) is 3.31. The smallest absolute Gasteiger partial charge is 0.122 e. The molecule has 1 rings (SSSR count). The van der Waals surface area contributed by atoms with Crippen molar-refractivity contribution in [3.8, 4) is 5.75 Å². The van der Waals surface area contributed by atoms with E-state index in [4.69, 9.17) is 10.5 Å². The molecule has 15 heavy (non-hydrogen) atoms. The van der Waals surface area contributed by atoms with Gasteiger partial charge in [0, 0.05) is 5.54 Å². The van der Waals surface area contributed by atoms with Gasteiger partial charge in [-0.15, -0.1) is 0 Å². The molecule has 0 spiro atoms. The molecule has 0 saturated carbocycles. The minimum Gasteiger partial charge on any atom is -0.496 e. The number of hydrogen-bond acceptors (Lipinski definition) is 2. The highest BCUT2D eigenvalue weighted by Gasteiger charge is 2.22. The number of nitrogens with two attached hydrogens (primary N) is 1. The van der Waals surface area contributed by atoms with E-state index in [2.05, 4.69) is 33.8 Å². The Balaban J connectivity index is 3.29. The van der Waals surface area contributed by atoms with E-state index < -0.39 is 0 Å². The monoisotopic (exact) mass is 207 g/mol. The fourth-order valence-corrected chi connectivity index (χ4v) is 1.83. The molecule has 0 bridgehead atoms. The molecule has 1 aromatic carbocycles. The van der Waals surface area contributed by atoms with Crippen molar-refractivity contribution in [2.45, 2.75) is 39.7 Å². The van der Waals surface area contributed by atoms with Crippen LogP contribution in [-0.2, 0) is 5.54 Å². The van der Waals surface area contributed by atoms with E-state index in [1.807, 2.05) is 6.07 Å². The summed E-state index contributed by atoms with van der Waals surface area (Å²) < 4.78 is 5.29. The maximum absolute atomic E-state index is 6.26. The first-order chi connectivity index (χ1) is 6.94. The maximum Gasteiger partial charge on any atom is 0.122 e. The van der Waals surface area contributed by atoms with Crippen molar-refractivity contribution < 1.29 is 4.74 Å². The third-order valence-electron chi connectivity index (χ3n) is 3.31. The van der Waals surface area contributed by atoms with Crippen molar-refractivity contribution in [2.24, 2.45) is 5.73 Å². The van der Waals surface area contributed by atoms with Crippen LogP contribution < -0.4 is 10.5 Å². The molecule has 1 aromatic rings. The van der Waals surface area contributed by atoms with E-state index in [9.17, 15) is 0 Å². The van der Waals surface area contributed by atoms with Crippen LogP contribution in [-0.4, -0.2) is 7.11 Å². The Bertz CT molecular complexity index is 356. The van der Waals surface area contributed by atoms with Crippen molar-refractivity contribution >= 4 is 0 Å². The molecule has 1 unspecified atom stereocenters. The minimum absolute atomic E-state index is 0.249. The van der Waals surface area contributed by atoms with Crippen molar-refractivity contribution in [1.29, 1.82) is 0 Å². The van der Waals surface area contributed by atoms with Crippen LogP contribution in [0.5, 0.6) is 5.75 Å². The highest BCUT2D eigenvalue weighted by molar-refractivity contribution is 5.46. The van der Waals surface area contributed by atoms with Gasteiger partial charge in [0.05, 0.1) is 7.11 Å². The quantitative estimate of drug-likeness (QED) is 0.827. The van der Waals surface area contributed by atoms with Crippen LogP contribution in [0.15, 0.2) is 12.1 Å². The summed E-state index contributed by atoms with van der Waals surface area (Å²) in [5, 5.41) is 0. The van der Waals surface area contributed by atoms with Crippen molar-refractivity contribution in [3.63, 3.8) is 0 Å².